The molecule has 0 bridgehead atoms. The van der Waals surface area contributed by atoms with E-state index < -0.39 is 0 Å². The van der Waals surface area contributed by atoms with E-state index in [-0.39, 0.29) is 5.91 Å². The molecule has 3 aromatic heterocycles. The van der Waals surface area contributed by atoms with E-state index >= 15 is 0 Å². The number of fused-ring (bicyclic) bond motifs is 1. The van der Waals surface area contributed by atoms with Crippen molar-refractivity contribution in [3.05, 3.63) is 71.4 Å². The number of carbonyl (C=O) groups excluding carboxylic acids is 1. The second-order valence-electron chi connectivity index (χ2n) is 5.81. The molecule has 4 rings (SSSR count). The van der Waals surface area contributed by atoms with Crippen molar-refractivity contribution in [3.8, 4) is 11.3 Å². The van der Waals surface area contributed by atoms with Crippen molar-refractivity contribution in [3.63, 3.8) is 0 Å². The summed E-state index contributed by atoms with van der Waals surface area (Å²) in [7, 11) is 0. The van der Waals surface area contributed by atoms with Crippen LogP contribution in [0.5, 0.6) is 0 Å². The molecular weight excluding hydrogens is 394 g/mol. The zero-order valence-electron chi connectivity index (χ0n) is 14.1. The van der Waals surface area contributed by atoms with E-state index in [1.165, 1.54) is 0 Å². The molecule has 0 aliphatic carbocycles. The van der Waals surface area contributed by atoms with E-state index in [4.69, 9.17) is 0 Å². The van der Waals surface area contributed by atoms with Crippen LogP contribution in [0.3, 0.4) is 0 Å². The lowest BCUT2D eigenvalue weighted by Gasteiger charge is -2.08. The number of anilines is 1. The monoisotopic (exact) mass is 409 g/mol. The number of carbonyl (C=O) groups is 1. The van der Waals surface area contributed by atoms with Crippen LogP contribution in [0.25, 0.3) is 17.0 Å². The zero-order chi connectivity index (χ0) is 18.1. The van der Waals surface area contributed by atoms with Gasteiger partial charge in [-0.25, -0.2) is 9.97 Å². The van der Waals surface area contributed by atoms with Crippen LogP contribution in [-0.4, -0.2) is 24.8 Å². The van der Waals surface area contributed by atoms with Crippen LogP contribution in [0.15, 0.2) is 65.7 Å². The van der Waals surface area contributed by atoms with E-state index in [1.807, 2.05) is 70.9 Å². The number of amides is 1. The first kappa shape index (κ1) is 16.5. The molecular formula is C19H16BrN5O. The van der Waals surface area contributed by atoms with Gasteiger partial charge in [0.15, 0.2) is 0 Å². The fourth-order valence-corrected chi connectivity index (χ4v) is 3.28. The highest BCUT2D eigenvalue weighted by Gasteiger charge is 2.13. The summed E-state index contributed by atoms with van der Waals surface area (Å²) in [6.45, 7) is 2.73. The number of aryl methyl sites for hydroxylation is 1. The van der Waals surface area contributed by atoms with E-state index in [1.54, 1.807) is 6.20 Å². The molecule has 1 N–H and O–H groups in total. The molecule has 0 aliphatic rings. The minimum atomic E-state index is -0.137. The average Bonchev–Trinajstić information content (AvgIpc) is 3.25. The SMILES string of the molecule is CCn1cc(Br)cc1C(=O)Nc1ccc(-c2cn3cccnc3n2)cc1. The highest BCUT2D eigenvalue weighted by Crippen LogP contribution is 2.22. The summed E-state index contributed by atoms with van der Waals surface area (Å²) < 4.78 is 4.67. The van der Waals surface area contributed by atoms with Gasteiger partial charge in [0.25, 0.3) is 5.91 Å². The van der Waals surface area contributed by atoms with Crippen LogP contribution in [0.2, 0.25) is 0 Å². The first-order chi connectivity index (χ1) is 12.6. The smallest absolute Gasteiger partial charge is 0.272 e. The Labute approximate surface area is 158 Å². The largest absolute Gasteiger partial charge is 0.343 e. The molecule has 1 aromatic carbocycles. The van der Waals surface area contributed by atoms with Gasteiger partial charge in [-0.1, -0.05) is 12.1 Å². The maximum absolute atomic E-state index is 12.5. The number of halogens is 1. The third-order valence-corrected chi connectivity index (χ3v) is 4.54. The first-order valence-corrected chi connectivity index (χ1v) is 9.00. The summed E-state index contributed by atoms with van der Waals surface area (Å²) in [6, 6.07) is 11.3. The van der Waals surface area contributed by atoms with E-state index in [9.17, 15) is 4.79 Å². The van der Waals surface area contributed by atoms with Crippen molar-refractivity contribution in [1.29, 1.82) is 0 Å². The maximum Gasteiger partial charge on any atom is 0.272 e. The third-order valence-electron chi connectivity index (χ3n) is 4.11. The summed E-state index contributed by atoms with van der Waals surface area (Å²) in [4.78, 5) is 21.2. The number of hydrogen-bond donors (Lipinski definition) is 1. The highest BCUT2D eigenvalue weighted by molar-refractivity contribution is 9.10. The quantitative estimate of drug-likeness (QED) is 0.548. The van der Waals surface area contributed by atoms with Crippen LogP contribution < -0.4 is 5.32 Å². The van der Waals surface area contributed by atoms with Crippen LogP contribution in [-0.2, 0) is 6.54 Å². The minimum absolute atomic E-state index is 0.137. The van der Waals surface area contributed by atoms with Crippen LogP contribution >= 0.6 is 15.9 Å². The number of benzene rings is 1. The topological polar surface area (TPSA) is 64.2 Å². The molecule has 0 saturated carbocycles. The Balaban J connectivity index is 1.55. The van der Waals surface area contributed by atoms with Crippen molar-refractivity contribution in [2.45, 2.75) is 13.5 Å². The van der Waals surface area contributed by atoms with Crippen molar-refractivity contribution in [2.75, 3.05) is 5.32 Å². The van der Waals surface area contributed by atoms with Gasteiger partial charge in [0.1, 0.15) is 5.69 Å². The molecule has 7 heteroatoms. The van der Waals surface area contributed by atoms with E-state index in [0.717, 1.165) is 28.0 Å². The van der Waals surface area contributed by atoms with Gasteiger partial charge in [-0.05, 0) is 47.1 Å². The average molecular weight is 410 g/mol. The van der Waals surface area contributed by atoms with Gasteiger partial charge in [0.05, 0.1) is 5.69 Å². The predicted molar refractivity (Wildman–Crippen MR) is 104 cm³/mol. The Bertz CT molecular complexity index is 1050. The fourth-order valence-electron chi connectivity index (χ4n) is 2.82. The van der Waals surface area contributed by atoms with Crippen molar-refractivity contribution in [1.82, 2.24) is 18.9 Å². The Hall–Kier alpha value is -2.93. The second kappa shape index (κ2) is 6.76. The molecule has 3 heterocycles. The van der Waals surface area contributed by atoms with Gasteiger partial charge in [0, 0.05) is 47.1 Å². The van der Waals surface area contributed by atoms with Gasteiger partial charge >= 0.3 is 0 Å². The standard InChI is InChI=1S/C19H16BrN5O/c1-2-24-11-14(20)10-17(24)18(26)22-15-6-4-13(5-7-15)16-12-25-9-3-8-21-19(25)23-16/h3-12H,2H2,1H3,(H,22,26). The number of nitrogens with zero attached hydrogens (tertiary/aromatic N) is 4. The molecule has 0 atom stereocenters. The summed E-state index contributed by atoms with van der Waals surface area (Å²) in [5, 5.41) is 2.93. The maximum atomic E-state index is 12.5. The molecule has 0 saturated heterocycles. The number of imidazole rings is 1. The van der Waals surface area contributed by atoms with Crippen LogP contribution in [0.1, 0.15) is 17.4 Å². The van der Waals surface area contributed by atoms with Crippen molar-refractivity contribution < 1.29 is 4.79 Å². The molecule has 6 nitrogen and oxygen atoms in total. The van der Waals surface area contributed by atoms with Gasteiger partial charge < -0.3 is 9.88 Å². The van der Waals surface area contributed by atoms with E-state index in [0.29, 0.717) is 11.5 Å². The lowest BCUT2D eigenvalue weighted by atomic mass is 10.1. The molecule has 26 heavy (non-hydrogen) atoms. The Morgan fingerprint density at radius 1 is 1.23 bits per heavy atom. The molecule has 1 amide bonds. The number of rotatable bonds is 4. The van der Waals surface area contributed by atoms with Crippen molar-refractivity contribution in [2.24, 2.45) is 0 Å². The molecule has 4 aromatic rings. The van der Waals surface area contributed by atoms with E-state index in [2.05, 4.69) is 31.2 Å². The molecule has 0 fully saturated rings. The zero-order valence-corrected chi connectivity index (χ0v) is 15.6. The molecule has 0 radical (unpaired) electrons. The molecule has 0 unspecified atom stereocenters. The molecule has 130 valence electrons. The van der Waals surface area contributed by atoms with Gasteiger partial charge in [0.2, 0.25) is 5.78 Å². The lowest BCUT2D eigenvalue weighted by Crippen LogP contribution is -2.16. The molecule has 0 spiro atoms. The van der Waals surface area contributed by atoms with Crippen molar-refractivity contribution >= 4 is 33.3 Å². The van der Waals surface area contributed by atoms with Gasteiger partial charge in [-0.2, -0.15) is 0 Å². The minimum Gasteiger partial charge on any atom is -0.343 e. The summed E-state index contributed by atoms with van der Waals surface area (Å²) in [6.07, 6.45) is 7.46. The Morgan fingerprint density at radius 2 is 2.04 bits per heavy atom. The fraction of sp³-hybridized carbons (Fsp3) is 0.105. The summed E-state index contributed by atoms with van der Waals surface area (Å²) in [5.74, 6) is 0.521. The number of aromatic nitrogens is 4. The van der Waals surface area contributed by atoms with Gasteiger partial charge in [-0.15, -0.1) is 0 Å². The predicted octanol–water partition coefficient (Wildman–Crippen LogP) is 4.23. The van der Waals surface area contributed by atoms with Crippen LogP contribution in [0.4, 0.5) is 5.69 Å². The second-order valence-corrected chi connectivity index (χ2v) is 6.73. The molecule has 0 aliphatic heterocycles. The third kappa shape index (κ3) is 3.13. The Morgan fingerprint density at radius 3 is 2.77 bits per heavy atom. The number of hydrogen-bond acceptors (Lipinski definition) is 3. The van der Waals surface area contributed by atoms with Crippen LogP contribution in [0, 0.1) is 0 Å². The van der Waals surface area contributed by atoms with Gasteiger partial charge in [-0.3, -0.25) is 9.20 Å². The summed E-state index contributed by atoms with van der Waals surface area (Å²) >= 11 is 3.41. The first-order valence-electron chi connectivity index (χ1n) is 8.21. The lowest BCUT2D eigenvalue weighted by molar-refractivity contribution is 0.101. The Kier molecular flexibility index (Phi) is 4.30. The summed E-state index contributed by atoms with van der Waals surface area (Å²) in [5.41, 5.74) is 3.16. The number of nitrogens with one attached hydrogen (secondary N) is 1. The highest BCUT2D eigenvalue weighted by atomic mass is 79.9. The normalized spacial score (nSPS) is 11.0.